The lowest BCUT2D eigenvalue weighted by Gasteiger charge is -2.03. The molecule has 0 radical (unpaired) electrons. The number of nitrogens with zero attached hydrogens (tertiary/aromatic N) is 2. The second-order valence-corrected chi connectivity index (χ2v) is 3.69. The maximum Gasteiger partial charge on any atom is 0.0871 e. The van der Waals surface area contributed by atoms with Gasteiger partial charge in [0.2, 0.25) is 0 Å². The highest BCUT2D eigenvalue weighted by atomic mass is 79.9. The molecule has 0 N–H and O–H groups in total. The Labute approximate surface area is 84.3 Å². The molecule has 0 fully saturated rings. The SMILES string of the molecule is C[C@H](C#N)c1ncc(Br)cc1Cl. The summed E-state index contributed by atoms with van der Waals surface area (Å²) in [6.07, 6.45) is 1.63. The van der Waals surface area contributed by atoms with Crippen LogP contribution in [0.3, 0.4) is 0 Å². The van der Waals surface area contributed by atoms with E-state index < -0.39 is 0 Å². The fourth-order valence-corrected chi connectivity index (χ4v) is 1.60. The summed E-state index contributed by atoms with van der Waals surface area (Å²) in [5.74, 6) is -0.259. The zero-order chi connectivity index (χ0) is 9.14. The van der Waals surface area contributed by atoms with E-state index in [1.54, 1.807) is 19.2 Å². The predicted molar refractivity (Wildman–Crippen MR) is 51.0 cm³/mol. The van der Waals surface area contributed by atoms with E-state index in [2.05, 4.69) is 27.0 Å². The summed E-state index contributed by atoms with van der Waals surface area (Å²) in [6.45, 7) is 1.77. The first kappa shape index (κ1) is 9.50. The van der Waals surface area contributed by atoms with Crippen LogP contribution in [0.4, 0.5) is 0 Å². The zero-order valence-corrected chi connectivity index (χ0v) is 8.72. The van der Waals surface area contributed by atoms with Gasteiger partial charge >= 0.3 is 0 Å². The van der Waals surface area contributed by atoms with Crippen molar-refractivity contribution in [3.05, 3.63) is 27.5 Å². The number of aromatic nitrogens is 1. The number of nitriles is 1. The fourth-order valence-electron chi connectivity index (χ4n) is 0.805. The molecular formula is C8H6BrClN2. The minimum absolute atomic E-state index is 0.259. The van der Waals surface area contributed by atoms with Crippen molar-refractivity contribution in [1.29, 1.82) is 5.26 Å². The van der Waals surface area contributed by atoms with Crippen LogP contribution in [0.1, 0.15) is 18.5 Å². The molecule has 1 heterocycles. The largest absolute Gasteiger partial charge is 0.257 e. The maximum atomic E-state index is 8.62. The van der Waals surface area contributed by atoms with Crippen molar-refractivity contribution in [2.24, 2.45) is 0 Å². The Kier molecular flexibility index (Phi) is 3.07. The smallest absolute Gasteiger partial charge is 0.0871 e. The molecule has 0 aliphatic heterocycles. The third-order valence-electron chi connectivity index (χ3n) is 1.44. The van der Waals surface area contributed by atoms with Gasteiger partial charge in [0.1, 0.15) is 0 Å². The molecule has 0 amide bonds. The third-order valence-corrected chi connectivity index (χ3v) is 2.18. The molecule has 2 nitrogen and oxygen atoms in total. The topological polar surface area (TPSA) is 36.7 Å². The molecule has 0 bridgehead atoms. The lowest BCUT2D eigenvalue weighted by Crippen LogP contribution is -1.94. The van der Waals surface area contributed by atoms with E-state index in [-0.39, 0.29) is 5.92 Å². The highest BCUT2D eigenvalue weighted by Gasteiger charge is 2.09. The number of rotatable bonds is 1. The van der Waals surface area contributed by atoms with Crippen molar-refractivity contribution >= 4 is 27.5 Å². The monoisotopic (exact) mass is 244 g/mol. The van der Waals surface area contributed by atoms with E-state index in [1.807, 2.05) is 0 Å². The van der Waals surface area contributed by atoms with Gasteiger partial charge in [0.25, 0.3) is 0 Å². The Balaban J connectivity index is 3.11. The second kappa shape index (κ2) is 3.88. The van der Waals surface area contributed by atoms with Gasteiger partial charge in [-0.15, -0.1) is 0 Å². The summed E-state index contributed by atoms with van der Waals surface area (Å²) in [6, 6.07) is 3.81. The van der Waals surface area contributed by atoms with Gasteiger partial charge in [-0.3, -0.25) is 4.98 Å². The summed E-state index contributed by atoms with van der Waals surface area (Å²) in [7, 11) is 0. The normalized spacial score (nSPS) is 12.2. The van der Waals surface area contributed by atoms with Gasteiger partial charge in [0, 0.05) is 10.7 Å². The van der Waals surface area contributed by atoms with E-state index in [4.69, 9.17) is 16.9 Å². The quantitative estimate of drug-likeness (QED) is 0.762. The predicted octanol–water partition coefficient (Wildman–Crippen LogP) is 3.12. The number of hydrogen-bond donors (Lipinski definition) is 0. The molecule has 4 heteroatoms. The average Bonchev–Trinajstić information content (AvgIpc) is 2.03. The lowest BCUT2D eigenvalue weighted by molar-refractivity contribution is 0.918. The molecule has 0 aromatic carbocycles. The van der Waals surface area contributed by atoms with Crippen LogP contribution in [-0.2, 0) is 0 Å². The number of pyridine rings is 1. The fraction of sp³-hybridized carbons (Fsp3) is 0.250. The van der Waals surface area contributed by atoms with Crippen LogP contribution < -0.4 is 0 Å². The standard InChI is InChI=1S/C8H6BrClN2/c1-5(3-11)8-7(10)2-6(9)4-12-8/h2,4-5H,1H3/t5-/m1/s1. The third kappa shape index (κ3) is 1.96. The molecule has 12 heavy (non-hydrogen) atoms. The van der Waals surface area contributed by atoms with Crippen LogP contribution in [0, 0.1) is 11.3 Å². The van der Waals surface area contributed by atoms with Crippen molar-refractivity contribution in [2.75, 3.05) is 0 Å². The number of halogens is 2. The maximum absolute atomic E-state index is 8.62. The van der Waals surface area contributed by atoms with Crippen molar-refractivity contribution in [3.8, 4) is 6.07 Å². The summed E-state index contributed by atoms with van der Waals surface area (Å²) in [4.78, 5) is 4.05. The molecule has 0 saturated heterocycles. The number of hydrogen-bond acceptors (Lipinski definition) is 2. The van der Waals surface area contributed by atoms with Gasteiger partial charge in [-0.25, -0.2) is 0 Å². The molecule has 1 rings (SSSR count). The Hall–Kier alpha value is -0.590. The summed E-state index contributed by atoms with van der Waals surface area (Å²) >= 11 is 9.10. The minimum atomic E-state index is -0.259. The Bertz CT molecular complexity index is 332. The van der Waals surface area contributed by atoms with Gasteiger partial charge in [0.05, 0.1) is 22.7 Å². The highest BCUT2D eigenvalue weighted by molar-refractivity contribution is 9.10. The molecule has 1 aromatic heterocycles. The second-order valence-electron chi connectivity index (χ2n) is 2.37. The van der Waals surface area contributed by atoms with Crippen LogP contribution in [-0.4, -0.2) is 4.98 Å². The molecule has 0 unspecified atom stereocenters. The molecule has 0 aliphatic rings. The first-order chi connectivity index (χ1) is 5.65. The van der Waals surface area contributed by atoms with Crippen molar-refractivity contribution in [1.82, 2.24) is 4.98 Å². The minimum Gasteiger partial charge on any atom is -0.257 e. The molecule has 0 saturated carbocycles. The van der Waals surface area contributed by atoms with Crippen LogP contribution in [0.15, 0.2) is 16.7 Å². The first-order valence-corrected chi connectivity index (χ1v) is 4.53. The van der Waals surface area contributed by atoms with Crippen molar-refractivity contribution in [3.63, 3.8) is 0 Å². The van der Waals surface area contributed by atoms with Crippen LogP contribution in [0.5, 0.6) is 0 Å². The molecular weight excluding hydrogens is 239 g/mol. The van der Waals surface area contributed by atoms with E-state index in [0.29, 0.717) is 10.7 Å². The molecule has 1 aromatic rings. The van der Waals surface area contributed by atoms with E-state index in [0.717, 1.165) is 4.47 Å². The Morgan fingerprint density at radius 2 is 2.42 bits per heavy atom. The lowest BCUT2D eigenvalue weighted by atomic mass is 10.1. The molecule has 1 atom stereocenters. The molecule has 0 aliphatic carbocycles. The van der Waals surface area contributed by atoms with Crippen molar-refractivity contribution < 1.29 is 0 Å². The van der Waals surface area contributed by atoms with Crippen LogP contribution >= 0.6 is 27.5 Å². The first-order valence-electron chi connectivity index (χ1n) is 3.35. The van der Waals surface area contributed by atoms with E-state index >= 15 is 0 Å². The summed E-state index contributed by atoms with van der Waals surface area (Å²) < 4.78 is 0.821. The van der Waals surface area contributed by atoms with Crippen LogP contribution in [0.25, 0.3) is 0 Å². The van der Waals surface area contributed by atoms with E-state index in [9.17, 15) is 0 Å². The average molecular weight is 246 g/mol. The highest BCUT2D eigenvalue weighted by Crippen LogP contribution is 2.24. The molecule has 0 spiro atoms. The summed E-state index contributed by atoms with van der Waals surface area (Å²) in [5, 5.41) is 9.15. The van der Waals surface area contributed by atoms with Gasteiger partial charge in [-0.05, 0) is 28.9 Å². The van der Waals surface area contributed by atoms with E-state index in [1.165, 1.54) is 0 Å². The summed E-state index contributed by atoms with van der Waals surface area (Å²) in [5.41, 5.74) is 0.627. The molecule has 62 valence electrons. The van der Waals surface area contributed by atoms with Gasteiger partial charge in [-0.2, -0.15) is 5.26 Å². The van der Waals surface area contributed by atoms with Gasteiger partial charge < -0.3 is 0 Å². The van der Waals surface area contributed by atoms with Gasteiger partial charge in [-0.1, -0.05) is 11.6 Å². The Morgan fingerprint density at radius 1 is 1.75 bits per heavy atom. The van der Waals surface area contributed by atoms with Crippen LogP contribution in [0.2, 0.25) is 5.02 Å². The Morgan fingerprint density at radius 3 is 2.92 bits per heavy atom. The van der Waals surface area contributed by atoms with Gasteiger partial charge in [0.15, 0.2) is 0 Å². The van der Waals surface area contributed by atoms with Crippen molar-refractivity contribution in [2.45, 2.75) is 12.8 Å². The zero-order valence-electron chi connectivity index (χ0n) is 6.38.